The van der Waals surface area contributed by atoms with Crippen molar-refractivity contribution in [1.82, 2.24) is 20.9 Å². The van der Waals surface area contributed by atoms with Gasteiger partial charge < -0.3 is 37.5 Å². The van der Waals surface area contributed by atoms with Gasteiger partial charge in [-0.3, -0.25) is 19.2 Å². The first-order valence-corrected chi connectivity index (χ1v) is 9.77. The number of carbonyl (C=O) groups excluding carboxylic acids is 4. The van der Waals surface area contributed by atoms with Crippen molar-refractivity contribution in [2.75, 3.05) is 6.54 Å². The number of H-pyrrole nitrogens is 1. The van der Waals surface area contributed by atoms with Gasteiger partial charge in [-0.15, -0.1) is 0 Å². The number of carbonyl (C=O) groups is 5. The number of benzene rings is 1. The molecule has 0 aliphatic rings. The lowest BCUT2D eigenvalue weighted by Crippen LogP contribution is -2.54. The molecule has 0 bridgehead atoms. The first-order valence-electron chi connectivity index (χ1n) is 9.77. The van der Waals surface area contributed by atoms with E-state index in [1.807, 2.05) is 24.3 Å². The van der Waals surface area contributed by atoms with E-state index in [0.29, 0.717) is 0 Å². The van der Waals surface area contributed by atoms with Gasteiger partial charge in [-0.1, -0.05) is 18.2 Å². The largest absolute Gasteiger partial charge is 0.480 e. The summed E-state index contributed by atoms with van der Waals surface area (Å²) >= 11 is 0. The molecule has 0 fully saturated rings. The number of aromatic amines is 1. The summed E-state index contributed by atoms with van der Waals surface area (Å²) in [4.78, 5) is 62.0. The number of amides is 4. The van der Waals surface area contributed by atoms with Gasteiger partial charge in [0.2, 0.25) is 23.6 Å². The fraction of sp³-hybridized carbons (Fsp3) is 0.350. The molecule has 9 N–H and O–H groups in total. The van der Waals surface area contributed by atoms with E-state index >= 15 is 0 Å². The monoisotopic (exact) mass is 446 g/mol. The van der Waals surface area contributed by atoms with E-state index in [-0.39, 0.29) is 6.42 Å². The third-order valence-electron chi connectivity index (χ3n) is 4.61. The Hall–Kier alpha value is -3.93. The van der Waals surface area contributed by atoms with Gasteiger partial charge in [-0.2, -0.15) is 0 Å². The van der Waals surface area contributed by atoms with Crippen LogP contribution >= 0.6 is 0 Å². The summed E-state index contributed by atoms with van der Waals surface area (Å²) in [7, 11) is 0. The SMILES string of the molecule is CC(N)C(=O)NC(Cc1c[nH]c2ccccc12)C(=O)NCC(=O)NC(CC(N)=O)C(=O)O. The summed E-state index contributed by atoms with van der Waals surface area (Å²) in [5, 5.41) is 16.9. The molecule has 32 heavy (non-hydrogen) atoms. The number of rotatable bonds is 11. The zero-order valence-corrected chi connectivity index (χ0v) is 17.4. The van der Waals surface area contributed by atoms with E-state index in [0.717, 1.165) is 16.5 Å². The van der Waals surface area contributed by atoms with Crippen molar-refractivity contribution in [3.05, 3.63) is 36.0 Å². The Balaban J connectivity index is 2.07. The van der Waals surface area contributed by atoms with Crippen LogP contribution in [0.5, 0.6) is 0 Å². The average Bonchev–Trinajstić information content (AvgIpc) is 3.13. The minimum Gasteiger partial charge on any atom is -0.480 e. The molecule has 12 heteroatoms. The fourth-order valence-corrected chi connectivity index (χ4v) is 2.97. The molecule has 2 rings (SSSR count). The number of aromatic nitrogens is 1. The van der Waals surface area contributed by atoms with Gasteiger partial charge in [-0.05, 0) is 18.6 Å². The molecule has 1 aromatic carbocycles. The van der Waals surface area contributed by atoms with Crippen LogP contribution < -0.4 is 27.4 Å². The fourth-order valence-electron chi connectivity index (χ4n) is 2.97. The van der Waals surface area contributed by atoms with Crippen molar-refractivity contribution in [2.45, 2.75) is 37.9 Å². The molecule has 172 valence electrons. The van der Waals surface area contributed by atoms with Crippen LogP contribution in [0.25, 0.3) is 10.9 Å². The highest BCUT2D eigenvalue weighted by Crippen LogP contribution is 2.19. The predicted molar refractivity (Wildman–Crippen MR) is 114 cm³/mol. The number of aliphatic carboxylic acids is 1. The maximum Gasteiger partial charge on any atom is 0.326 e. The minimum atomic E-state index is -1.52. The maximum atomic E-state index is 12.7. The molecule has 0 aliphatic carbocycles. The van der Waals surface area contributed by atoms with Crippen molar-refractivity contribution in [3.8, 4) is 0 Å². The zero-order chi connectivity index (χ0) is 23.8. The third-order valence-corrected chi connectivity index (χ3v) is 4.61. The van der Waals surface area contributed by atoms with Crippen LogP contribution in [0.3, 0.4) is 0 Å². The predicted octanol–water partition coefficient (Wildman–Crippen LogP) is -1.90. The normalized spacial score (nSPS) is 13.6. The summed E-state index contributed by atoms with van der Waals surface area (Å²) < 4.78 is 0. The summed E-state index contributed by atoms with van der Waals surface area (Å²) in [6.07, 6.45) is 1.25. The molecule has 0 saturated carbocycles. The van der Waals surface area contributed by atoms with E-state index in [9.17, 15) is 24.0 Å². The van der Waals surface area contributed by atoms with Crippen LogP contribution in [-0.2, 0) is 30.4 Å². The van der Waals surface area contributed by atoms with Crippen LogP contribution in [0.2, 0.25) is 0 Å². The van der Waals surface area contributed by atoms with Crippen LogP contribution in [0.4, 0.5) is 0 Å². The highest BCUT2D eigenvalue weighted by atomic mass is 16.4. The number of hydrogen-bond donors (Lipinski definition) is 7. The Kier molecular flexibility index (Phi) is 8.30. The highest BCUT2D eigenvalue weighted by Gasteiger charge is 2.26. The molecule has 3 unspecified atom stereocenters. The smallest absolute Gasteiger partial charge is 0.326 e. The molecule has 1 aromatic heterocycles. The number of hydrogen-bond acceptors (Lipinski definition) is 6. The molecule has 3 atom stereocenters. The average molecular weight is 446 g/mol. The van der Waals surface area contributed by atoms with E-state index in [1.165, 1.54) is 6.92 Å². The van der Waals surface area contributed by atoms with Gasteiger partial charge in [0.05, 0.1) is 19.0 Å². The minimum absolute atomic E-state index is 0.120. The second-order valence-electron chi connectivity index (χ2n) is 7.26. The highest BCUT2D eigenvalue weighted by molar-refractivity contribution is 5.94. The standard InChI is InChI=1S/C20H26N6O6/c1-10(21)18(29)26-14(6-11-8-23-13-5-3-2-4-12(11)13)19(30)24-9-17(28)25-15(20(31)32)7-16(22)27/h2-5,8,10,14-15,23H,6-7,9,21H2,1H3,(H2,22,27)(H,24,30)(H,25,28)(H,26,29)(H,31,32). The van der Waals surface area contributed by atoms with Crippen LogP contribution in [0.1, 0.15) is 18.9 Å². The Morgan fingerprint density at radius 3 is 2.38 bits per heavy atom. The number of fused-ring (bicyclic) bond motifs is 1. The lowest BCUT2D eigenvalue weighted by Gasteiger charge is -2.20. The molecule has 2 aromatic rings. The number of primary amides is 1. The van der Waals surface area contributed by atoms with Crippen LogP contribution in [-0.4, -0.2) is 64.4 Å². The quantitative estimate of drug-likeness (QED) is 0.208. The van der Waals surface area contributed by atoms with E-state index in [2.05, 4.69) is 20.9 Å². The van der Waals surface area contributed by atoms with Crippen LogP contribution in [0, 0.1) is 0 Å². The maximum absolute atomic E-state index is 12.7. The molecule has 0 saturated heterocycles. The molecule has 4 amide bonds. The topological polar surface area (TPSA) is 209 Å². The van der Waals surface area contributed by atoms with Gasteiger partial charge >= 0.3 is 5.97 Å². The second-order valence-corrected chi connectivity index (χ2v) is 7.26. The zero-order valence-electron chi connectivity index (χ0n) is 17.4. The number of para-hydroxylation sites is 1. The molecular weight excluding hydrogens is 420 g/mol. The van der Waals surface area contributed by atoms with E-state index in [1.54, 1.807) is 6.20 Å². The van der Waals surface area contributed by atoms with Gasteiger partial charge in [0.1, 0.15) is 12.1 Å². The summed E-state index contributed by atoms with van der Waals surface area (Å²) in [5.41, 5.74) is 12.2. The van der Waals surface area contributed by atoms with Crippen molar-refractivity contribution >= 4 is 40.5 Å². The van der Waals surface area contributed by atoms with Crippen LogP contribution in [0.15, 0.2) is 30.5 Å². The molecular formula is C20H26N6O6. The first-order chi connectivity index (χ1) is 15.1. The summed E-state index contributed by atoms with van der Waals surface area (Å²) in [5.74, 6) is -4.40. The van der Waals surface area contributed by atoms with E-state index < -0.39 is 60.7 Å². The lowest BCUT2D eigenvalue weighted by atomic mass is 10.0. The number of carboxylic acids is 1. The Morgan fingerprint density at radius 2 is 1.75 bits per heavy atom. The summed E-state index contributed by atoms with van der Waals surface area (Å²) in [6.45, 7) is 0.897. The second kappa shape index (κ2) is 10.9. The third kappa shape index (κ3) is 6.80. The first kappa shape index (κ1) is 24.3. The molecule has 12 nitrogen and oxygen atoms in total. The number of nitrogens with one attached hydrogen (secondary N) is 4. The Labute approximate surface area is 183 Å². The molecule has 0 radical (unpaired) electrons. The van der Waals surface area contributed by atoms with E-state index in [4.69, 9.17) is 16.6 Å². The van der Waals surface area contributed by atoms with Gasteiger partial charge in [0, 0.05) is 23.5 Å². The summed E-state index contributed by atoms with van der Waals surface area (Å²) in [6, 6.07) is 4.00. The molecule has 0 aliphatic heterocycles. The lowest BCUT2D eigenvalue weighted by molar-refractivity contribution is -0.143. The van der Waals surface area contributed by atoms with Crippen molar-refractivity contribution in [2.24, 2.45) is 11.5 Å². The number of nitrogens with two attached hydrogens (primary N) is 2. The van der Waals surface area contributed by atoms with Crippen molar-refractivity contribution < 1.29 is 29.1 Å². The van der Waals surface area contributed by atoms with Gasteiger partial charge in [0.25, 0.3) is 0 Å². The van der Waals surface area contributed by atoms with Crippen molar-refractivity contribution in [1.29, 1.82) is 0 Å². The molecule has 1 heterocycles. The number of carboxylic acid groups (broad SMARTS) is 1. The Morgan fingerprint density at radius 1 is 1.06 bits per heavy atom. The molecule has 0 spiro atoms. The Bertz CT molecular complexity index is 1020. The van der Waals surface area contributed by atoms with Crippen molar-refractivity contribution in [3.63, 3.8) is 0 Å². The van der Waals surface area contributed by atoms with Gasteiger partial charge in [-0.25, -0.2) is 4.79 Å². The van der Waals surface area contributed by atoms with Gasteiger partial charge in [0.15, 0.2) is 0 Å².